The van der Waals surface area contributed by atoms with Crippen molar-refractivity contribution in [2.45, 2.75) is 6.92 Å². The maximum atomic E-state index is 5.45. The second kappa shape index (κ2) is 11.7. The Kier molecular flexibility index (Phi) is 9.02. The van der Waals surface area contributed by atoms with Crippen molar-refractivity contribution in [2.24, 2.45) is 5.10 Å². The Morgan fingerprint density at radius 3 is 2.62 bits per heavy atom. The highest BCUT2D eigenvalue weighted by Crippen LogP contribution is 2.26. The summed E-state index contributed by atoms with van der Waals surface area (Å²) in [5, 5.41) is 7.58. The highest BCUT2D eigenvalue weighted by atomic mass is 127. The first-order valence-electron chi connectivity index (χ1n) is 9.73. The third kappa shape index (κ3) is 6.74. The lowest BCUT2D eigenvalue weighted by Crippen LogP contribution is -2.37. The molecular weight excluding hydrogens is 609 g/mol. The predicted molar refractivity (Wildman–Crippen MR) is 143 cm³/mol. The SMILES string of the molecule is Cc1ccc(Nc2nc(NN=Cc3cccc(I)c3)nc(N3CCOCC3)n2)c(Br)c1.Cl. The van der Waals surface area contributed by atoms with Crippen molar-refractivity contribution < 1.29 is 4.74 Å². The van der Waals surface area contributed by atoms with Gasteiger partial charge >= 0.3 is 0 Å². The first-order chi connectivity index (χ1) is 15.1. The normalized spacial score (nSPS) is 13.7. The first-order valence-corrected chi connectivity index (χ1v) is 11.6. The third-order valence-corrected chi connectivity index (χ3v) is 5.84. The summed E-state index contributed by atoms with van der Waals surface area (Å²) in [5.41, 5.74) is 5.96. The van der Waals surface area contributed by atoms with Gasteiger partial charge in [0.05, 0.1) is 25.1 Å². The van der Waals surface area contributed by atoms with E-state index in [0.29, 0.717) is 31.1 Å². The number of nitrogens with one attached hydrogen (secondary N) is 2. The fourth-order valence-corrected chi connectivity index (χ4v) is 4.13. The molecule has 1 aliphatic heterocycles. The fraction of sp³-hybridized carbons (Fsp3) is 0.238. The number of rotatable bonds is 6. The maximum absolute atomic E-state index is 5.45. The minimum Gasteiger partial charge on any atom is -0.378 e. The van der Waals surface area contributed by atoms with Crippen LogP contribution in [-0.2, 0) is 4.74 Å². The molecule has 1 saturated heterocycles. The number of benzene rings is 2. The minimum atomic E-state index is 0. The summed E-state index contributed by atoms with van der Waals surface area (Å²) in [6.45, 7) is 4.78. The highest BCUT2D eigenvalue weighted by Gasteiger charge is 2.17. The predicted octanol–water partition coefficient (Wildman–Crippen LogP) is 5.00. The summed E-state index contributed by atoms with van der Waals surface area (Å²) in [6, 6.07) is 14.1. The molecule has 2 N–H and O–H groups in total. The second-order valence-corrected chi connectivity index (χ2v) is 9.02. The van der Waals surface area contributed by atoms with Crippen LogP contribution < -0.4 is 15.6 Å². The number of aryl methyl sites for hydroxylation is 1. The van der Waals surface area contributed by atoms with Gasteiger partial charge in [0.2, 0.25) is 17.8 Å². The molecule has 11 heteroatoms. The molecule has 0 saturated carbocycles. The van der Waals surface area contributed by atoms with Crippen molar-refractivity contribution in [2.75, 3.05) is 41.9 Å². The van der Waals surface area contributed by atoms with E-state index in [0.717, 1.165) is 37.9 Å². The van der Waals surface area contributed by atoms with E-state index in [1.807, 2.05) is 49.4 Å². The van der Waals surface area contributed by atoms with Gasteiger partial charge in [-0.3, -0.25) is 0 Å². The van der Waals surface area contributed by atoms with Crippen LogP contribution in [0.15, 0.2) is 52.0 Å². The van der Waals surface area contributed by atoms with Crippen LogP contribution in [0.4, 0.5) is 23.5 Å². The molecule has 32 heavy (non-hydrogen) atoms. The molecule has 0 atom stereocenters. The lowest BCUT2D eigenvalue weighted by atomic mass is 10.2. The number of aromatic nitrogens is 3. The highest BCUT2D eigenvalue weighted by molar-refractivity contribution is 14.1. The Balaban J connectivity index is 0.00000289. The van der Waals surface area contributed by atoms with Crippen LogP contribution in [0.25, 0.3) is 0 Å². The van der Waals surface area contributed by atoms with Crippen LogP contribution in [-0.4, -0.2) is 47.5 Å². The Bertz CT molecular complexity index is 1100. The largest absolute Gasteiger partial charge is 0.378 e. The molecule has 3 aromatic rings. The van der Waals surface area contributed by atoms with E-state index in [-0.39, 0.29) is 12.4 Å². The van der Waals surface area contributed by atoms with E-state index in [1.165, 1.54) is 0 Å². The quantitative estimate of drug-likeness (QED) is 0.225. The van der Waals surface area contributed by atoms with Gasteiger partial charge in [0, 0.05) is 21.1 Å². The van der Waals surface area contributed by atoms with Crippen LogP contribution in [0.5, 0.6) is 0 Å². The summed E-state index contributed by atoms with van der Waals surface area (Å²) in [6.07, 6.45) is 1.74. The molecule has 0 bridgehead atoms. The number of nitrogens with zero attached hydrogens (tertiary/aromatic N) is 5. The zero-order valence-corrected chi connectivity index (χ0v) is 21.8. The van der Waals surface area contributed by atoms with Crippen molar-refractivity contribution in [1.82, 2.24) is 15.0 Å². The molecule has 2 aromatic carbocycles. The molecule has 0 unspecified atom stereocenters. The number of hydrogen-bond acceptors (Lipinski definition) is 8. The molecule has 0 amide bonds. The molecule has 1 aromatic heterocycles. The van der Waals surface area contributed by atoms with Gasteiger partial charge < -0.3 is 15.0 Å². The molecule has 0 radical (unpaired) electrons. The van der Waals surface area contributed by atoms with Crippen LogP contribution in [0.1, 0.15) is 11.1 Å². The van der Waals surface area contributed by atoms with Crippen molar-refractivity contribution in [3.8, 4) is 0 Å². The summed E-state index contributed by atoms with van der Waals surface area (Å²) in [5.74, 6) is 1.38. The number of hydrazone groups is 1. The number of morpholine rings is 1. The molecule has 0 spiro atoms. The van der Waals surface area contributed by atoms with Crippen LogP contribution in [0, 0.1) is 10.5 Å². The molecule has 8 nitrogen and oxygen atoms in total. The summed E-state index contributed by atoms with van der Waals surface area (Å²) >= 11 is 5.87. The monoisotopic (exact) mass is 629 g/mol. The number of anilines is 4. The fourth-order valence-electron chi connectivity index (χ4n) is 2.97. The number of ether oxygens (including phenoxy) is 1. The summed E-state index contributed by atoms with van der Waals surface area (Å²) in [7, 11) is 0. The Morgan fingerprint density at radius 2 is 1.88 bits per heavy atom. The van der Waals surface area contributed by atoms with E-state index < -0.39 is 0 Å². The van der Waals surface area contributed by atoms with Crippen LogP contribution >= 0.6 is 50.9 Å². The Labute approximate surface area is 215 Å². The topological polar surface area (TPSA) is 87.6 Å². The Hall–Kier alpha value is -2.02. The lowest BCUT2D eigenvalue weighted by Gasteiger charge is -2.27. The molecule has 1 fully saturated rings. The van der Waals surface area contributed by atoms with E-state index in [9.17, 15) is 0 Å². The average molecular weight is 631 g/mol. The maximum Gasteiger partial charge on any atom is 0.250 e. The van der Waals surface area contributed by atoms with Gasteiger partial charge in [0.15, 0.2) is 0 Å². The summed E-state index contributed by atoms with van der Waals surface area (Å²) in [4.78, 5) is 15.7. The van der Waals surface area contributed by atoms with Gasteiger partial charge in [0.25, 0.3) is 0 Å². The van der Waals surface area contributed by atoms with Gasteiger partial charge in [0.1, 0.15) is 0 Å². The van der Waals surface area contributed by atoms with Gasteiger partial charge in [-0.2, -0.15) is 20.1 Å². The molecule has 1 aliphatic rings. The van der Waals surface area contributed by atoms with E-state index >= 15 is 0 Å². The first kappa shape index (κ1) is 24.6. The van der Waals surface area contributed by atoms with Crippen molar-refractivity contribution in [1.29, 1.82) is 0 Å². The van der Waals surface area contributed by atoms with E-state index in [2.05, 4.69) is 74.2 Å². The van der Waals surface area contributed by atoms with Crippen molar-refractivity contribution >= 4 is 80.7 Å². The van der Waals surface area contributed by atoms with Gasteiger partial charge in [-0.05, 0) is 80.8 Å². The van der Waals surface area contributed by atoms with Gasteiger partial charge in [-0.1, -0.05) is 18.2 Å². The zero-order valence-electron chi connectivity index (χ0n) is 17.3. The van der Waals surface area contributed by atoms with E-state index in [4.69, 9.17) is 4.74 Å². The standard InChI is InChI=1S/C21H21BrIN7O.ClH/c1-14-5-6-18(17(22)11-14)25-19-26-20(28-21(27-19)30-7-9-31-10-8-30)29-24-13-15-3-2-4-16(23)12-15;/h2-6,11-13H,7-10H2,1H3,(H2,25,26,27,28,29);1H. The van der Waals surface area contributed by atoms with Gasteiger partial charge in [-0.15, -0.1) is 12.4 Å². The molecule has 2 heterocycles. The molecule has 4 rings (SSSR count). The molecular formula is C21H22BrClIN7O. The second-order valence-electron chi connectivity index (χ2n) is 6.92. The molecule has 168 valence electrons. The smallest absolute Gasteiger partial charge is 0.250 e. The molecule has 0 aliphatic carbocycles. The zero-order chi connectivity index (χ0) is 21.6. The van der Waals surface area contributed by atoms with Crippen LogP contribution in [0.2, 0.25) is 0 Å². The van der Waals surface area contributed by atoms with Crippen LogP contribution in [0.3, 0.4) is 0 Å². The third-order valence-electron chi connectivity index (χ3n) is 4.52. The number of hydrogen-bond donors (Lipinski definition) is 2. The summed E-state index contributed by atoms with van der Waals surface area (Å²) < 4.78 is 7.54. The minimum absolute atomic E-state index is 0. The lowest BCUT2D eigenvalue weighted by molar-refractivity contribution is 0.122. The van der Waals surface area contributed by atoms with Gasteiger partial charge in [-0.25, -0.2) is 5.43 Å². The van der Waals surface area contributed by atoms with Crippen molar-refractivity contribution in [3.63, 3.8) is 0 Å². The number of halogens is 3. The average Bonchev–Trinajstić information content (AvgIpc) is 2.76. The van der Waals surface area contributed by atoms with Crippen molar-refractivity contribution in [3.05, 3.63) is 61.6 Å². The van der Waals surface area contributed by atoms with E-state index in [1.54, 1.807) is 6.21 Å². The Morgan fingerprint density at radius 1 is 1.09 bits per heavy atom.